The molecule has 5 nitrogen and oxygen atoms in total. The van der Waals surface area contributed by atoms with Crippen molar-refractivity contribution in [3.63, 3.8) is 0 Å². The average Bonchev–Trinajstić information content (AvgIpc) is 2.95. The summed E-state index contributed by atoms with van der Waals surface area (Å²) < 4.78 is 5.01. The molecule has 2 aromatic heterocycles. The first-order chi connectivity index (χ1) is 9.79. The first-order valence-corrected chi connectivity index (χ1v) is 7.43. The summed E-state index contributed by atoms with van der Waals surface area (Å²) in [6.07, 6.45) is 4.97. The number of nitrogens with zero attached hydrogens (tertiary/aromatic N) is 2. The molecule has 0 radical (unpaired) electrons. The second kappa shape index (κ2) is 7.59. The number of ether oxygens (including phenoxy) is 1. The van der Waals surface area contributed by atoms with Gasteiger partial charge in [0.25, 0.3) is 0 Å². The largest absolute Gasteiger partial charge is 0.450 e. The fraction of sp³-hybridized carbons (Fsp3) is 0.357. The van der Waals surface area contributed by atoms with E-state index in [1.54, 1.807) is 23.7 Å². The van der Waals surface area contributed by atoms with E-state index < -0.39 is 6.09 Å². The molecule has 0 saturated carbocycles. The van der Waals surface area contributed by atoms with Crippen LogP contribution in [0.1, 0.15) is 25.5 Å². The van der Waals surface area contributed by atoms with E-state index in [1.807, 2.05) is 17.5 Å². The Morgan fingerprint density at radius 1 is 1.40 bits per heavy atom. The number of rotatable bonds is 6. The second-order valence-corrected chi connectivity index (χ2v) is 5.08. The van der Waals surface area contributed by atoms with Crippen LogP contribution >= 0.6 is 11.3 Å². The van der Waals surface area contributed by atoms with E-state index in [9.17, 15) is 4.79 Å². The highest BCUT2D eigenvalue weighted by molar-refractivity contribution is 7.13. The highest BCUT2D eigenvalue weighted by Crippen LogP contribution is 2.22. The van der Waals surface area contributed by atoms with Gasteiger partial charge in [-0.2, -0.15) is 0 Å². The van der Waals surface area contributed by atoms with Crippen LogP contribution < -0.4 is 5.32 Å². The van der Waals surface area contributed by atoms with Gasteiger partial charge < -0.3 is 10.1 Å². The van der Waals surface area contributed by atoms with Gasteiger partial charge in [0.2, 0.25) is 0 Å². The number of nitrogens with one attached hydrogen (secondary N) is 1. The number of unbranched alkanes of at least 4 members (excludes halogenated alkanes) is 1. The zero-order valence-electron chi connectivity index (χ0n) is 11.3. The molecular formula is C14H17N3O2S. The lowest BCUT2D eigenvalue weighted by Gasteiger charge is -2.04. The van der Waals surface area contributed by atoms with Crippen molar-refractivity contribution in [1.29, 1.82) is 0 Å². The maximum atomic E-state index is 11.4. The molecular weight excluding hydrogens is 274 g/mol. The lowest BCUT2D eigenvalue weighted by atomic mass is 10.3. The molecule has 0 aliphatic rings. The highest BCUT2D eigenvalue weighted by atomic mass is 32.1. The molecule has 0 fully saturated rings. The SMILES string of the molecule is CCCCOC(=O)NCc1csc(-c2ccncc2)n1. The van der Waals surface area contributed by atoms with Crippen molar-refractivity contribution in [1.82, 2.24) is 15.3 Å². The van der Waals surface area contributed by atoms with Crippen molar-refractivity contribution >= 4 is 17.4 Å². The van der Waals surface area contributed by atoms with E-state index in [0.29, 0.717) is 13.2 Å². The van der Waals surface area contributed by atoms with Crippen LogP contribution in [0, 0.1) is 0 Å². The van der Waals surface area contributed by atoms with E-state index in [4.69, 9.17) is 4.74 Å². The summed E-state index contributed by atoms with van der Waals surface area (Å²) in [4.78, 5) is 19.8. The number of hydrogen-bond donors (Lipinski definition) is 1. The number of amides is 1. The molecule has 0 spiro atoms. The fourth-order valence-corrected chi connectivity index (χ4v) is 2.36. The first kappa shape index (κ1) is 14.5. The standard InChI is InChI=1S/C14H17N3O2S/c1-2-3-8-19-14(18)16-9-12-10-20-13(17-12)11-4-6-15-7-5-11/h4-7,10H,2-3,8-9H2,1H3,(H,16,18). The van der Waals surface area contributed by atoms with Crippen LogP contribution in [0.25, 0.3) is 10.6 Å². The molecule has 0 bridgehead atoms. The molecule has 0 aliphatic heterocycles. The Morgan fingerprint density at radius 2 is 2.20 bits per heavy atom. The Morgan fingerprint density at radius 3 is 2.95 bits per heavy atom. The molecule has 0 aromatic carbocycles. The monoisotopic (exact) mass is 291 g/mol. The molecule has 0 atom stereocenters. The predicted molar refractivity (Wildman–Crippen MR) is 78.4 cm³/mol. The number of carbonyl (C=O) groups excluding carboxylic acids is 1. The van der Waals surface area contributed by atoms with Gasteiger partial charge in [0.05, 0.1) is 18.8 Å². The smallest absolute Gasteiger partial charge is 0.407 e. The molecule has 0 unspecified atom stereocenters. The van der Waals surface area contributed by atoms with Gasteiger partial charge in [-0.3, -0.25) is 4.98 Å². The number of carbonyl (C=O) groups is 1. The number of aromatic nitrogens is 2. The predicted octanol–water partition coefficient (Wildman–Crippen LogP) is 3.23. The number of pyridine rings is 1. The van der Waals surface area contributed by atoms with Gasteiger partial charge in [-0.05, 0) is 18.6 Å². The highest BCUT2D eigenvalue weighted by Gasteiger charge is 2.06. The van der Waals surface area contributed by atoms with E-state index >= 15 is 0 Å². The summed E-state index contributed by atoms with van der Waals surface area (Å²) >= 11 is 1.54. The Balaban J connectivity index is 1.83. The Labute approximate surface area is 122 Å². The van der Waals surface area contributed by atoms with Crippen molar-refractivity contribution in [3.8, 4) is 10.6 Å². The number of alkyl carbamates (subject to hydrolysis) is 1. The fourth-order valence-electron chi connectivity index (χ4n) is 1.54. The molecule has 0 aliphatic carbocycles. The van der Waals surface area contributed by atoms with Gasteiger partial charge in [0.1, 0.15) is 5.01 Å². The first-order valence-electron chi connectivity index (χ1n) is 6.55. The summed E-state index contributed by atoms with van der Waals surface area (Å²) in [7, 11) is 0. The van der Waals surface area contributed by atoms with Gasteiger partial charge in [-0.1, -0.05) is 13.3 Å². The van der Waals surface area contributed by atoms with Crippen molar-refractivity contribution < 1.29 is 9.53 Å². The molecule has 1 amide bonds. The third kappa shape index (κ3) is 4.31. The van der Waals surface area contributed by atoms with E-state index in [2.05, 4.69) is 22.2 Å². The lowest BCUT2D eigenvalue weighted by molar-refractivity contribution is 0.144. The maximum Gasteiger partial charge on any atom is 0.407 e. The summed E-state index contributed by atoms with van der Waals surface area (Å²) in [6.45, 7) is 2.89. The molecule has 2 aromatic rings. The zero-order valence-corrected chi connectivity index (χ0v) is 12.2. The summed E-state index contributed by atoms with van der Waals surface area (Å²) in [5.74, 6) is 0. The summed E-state index contributed by atoms with van der Waals surface area (Å²) in [5, 5.41) is 5.55. The Bertz CT molecular complexity index is 542. The maximum absolute atomic E-state index is 11.4. The Kier molecular flexibility index (Phi) is 5.49. The minimum Gasteiger partial charge on any atom is -0.450 e. The molecule has 6 heteroatoms. The van der Waals surface area contributed by atoms with Gasteiger partial charge in [-0.25, -0.2) is 9.78 Å². The normalized spacial score (nSPS) is 10.2. The van der Waals surface area contributed by atoms with E-state index in [1.165, 1.54) is 0 Å². The minimum atomic E-state index is -0.392. The zero-order chi connectivity index (χ0) is 14.2. The van der Waals surface area contributed by atoms with Crippen LogP contribution in [0.5, 0.6) is 0 Å². The van der Waals surface area contributed by atoms with Crippen molar-refractivity contribution in [3.05, 3.63) is 35.6 Å². The van der Waals surface area contributed by atoms with Gasteiger partial charge in [-0.15, -0.1) is 11.3 Å². The minimum absolute atomic E-state index is 0.381. The summed E-state index contributed by atoms with van der Waals surface area (Å²) in [6, 6.07) is 3.82. The van der Waals surface area contributed by atoms with Gasteiger partial charge in [0.15, 0.2) is 0 Å². The van der Waals surface area contributed by atoms with E-state index in [-0.39, 0.29) is 0 Å². The molecule has 2 rings (SSSR count). The van der Waals surface area contributed by atoms with Gasteiger partial charge in [0, 0.05) is 23.3 Å². The van der Waals surface area contributed by atoms with Crippen LogP contribution in [0.2, 0.25) is 0 Å². The molecule has 106 valence electrons. The topological polar surface area (TPSA) is 64.1 Å². The molecule has 0 saturated heterocycles. The van der Waals surface area contributed by atoms with Crippen LogP contribution in [0.3, 0.4) is 0 Å². The van der Waals surface area contributed by atoms with Crippen molar-refractivity contribution in [2.45, 2.75) is 26.3 Å². The second-order valence-electron chi connectivity index (χ2n) is 4.22. The average molecular weight is 291 g/mol. The van der Waals surface area contributed by atoms with Crippen molar-refractivity contribution in [2.24, 2.45) is 0 Å². The molecule has 1 N–H and O–H groups in total. The quantitative estimate of drug-likeness (QED) is 0.830. The van der Waals surface area contributed by atoms with Crippen LogP contribution in [0.15, 0.2) is 29.9 Å². The number of hydrogen-bond acceptors (Lipinski definition) is 5. The molecule has 20 heavy (non-hydrogen) atoms. The third-order valence-electron chi connectivity index (χ3n) is 2.62. The molecule has 2 heterocycles. The number of thiazole rings is 1. The van der Waals surface area contributed by atoms with Crippen LogP contribution in [-0.2, 0) is 11.3 Å². The van der Waals surface area contributed by atoms with Crippen molar-refractivity contribution in [2.75, 3.05) is 6.61 Å². The van der Waals surface area contributed by atoms with E-state index in [0.717, 1.165) is 29.1 Å². The van der Waals surface area contributed by atoms with Crippen LogP contribution in [0.4, 0.5) is 4.79 Å². The lowest BCUT2D eigenvalue weighted by Crippen LogP contribution is -2.24. The van der Waals surface area contributed by atoms with Gasteiger partial charge >= 0.3 is 6.09 Å². The Hall–Kier alpha value is -1.95. The third-order valence-corrected chi connectivity index (χ3v) is 3.56. The van der Waals surface area contributed by atoms with Crippen LogP contribution in [-0.4, -0.2) is 22.7 Å². The summed E-state index contributed by atoms with van der Waals surface area (Å²) in [5.41, 5.74) is 1.86.